The van der Waals surface area contributed by atoms with Crippen LogP contribution in [-0.4, -0.2) is 5.97 Å². The number of hydrogen-bond donors (Lipinski definition) is 0. The van der Waals surface area contributed by atoms with Crippen LogP contribution >= 0.6 is 0 Å². The van der Waals surface area contributed by atoms with Gasteiger partial charge in [-0.15, -0.1) is 0 Å². The number of aryl methyl sites for hydroxylation is 4. The van der Waals surface area contributed by atoms with Crippen molar-refractivity contribution in [1.29, 1.82) is 0 Å². The van der Waals surface area contributed by atoms with Crippen LogP contribution in [0, 0.1) is 0 Å². The number of carbonyl (C=O) groups excluding carboxylic acids is 1. The van der Waals surface area contributed by atoms with Gasteiger partial charge in [-0.25, -0.2) is 4.79 Å². The van der Waals surface area contributed by atoms with Gasteiger partial charge in [-0.1, -0.05) is 48.5 Å². The maximum Gasteiger partial charge on any atom is 0.343 e. The highest BCUT2D eigenvalue weighted by atomic mass is 16.5. The van der Waals surface area contributed by atoms with Crippen molar-refractivity contribution in [3.05, 3.63) is 101 Å². The lowest BCUT2D eigenvalue weighted by molar-refractivity contribution is 0.0734. The molecule has 0 unspecified atom stereocenters. The number of rotatable bonds is 5. The summed E-state index contributed by atoms with van der Waals surface area (Å²) in [5, 5.41) is 0. The van der Waals surface area contributed by atoms with Crippen molar-refractivity contribution in [2.45, 2.75) is 38.5 Å². The second-order valence-corrected chi connectivity index (χ2v) is 7.21. The highest BCUT2D eigenvalue weighted by molar-refractivity contribution is 5.91. The Morgan fingerprint density at radius 2 is 1.41 bits per heavy atom. The zero-order valence-corrected chi connectivity index (χ0v) is 15.5. The Hall–Kier alpha value is -2.87. The van der Waals surface area contributed by atoms with E-state index in [-0.39, 0.29) is 5.97 Å². The summed E-state index contributed by atoms with van der Waals surface area (Å²) in [6, 6.07) is 24.3. The predicted octanol–water partition coefficient (Wildman–Crippen LogP) is 5.57. The molecule has 0 spiro atoms. The molecule has 27 heavy (non-hydrogen) atoms. The highest BCUT2D eigenvalue weighted by Crippen LogP contribution is 2.25. The van der Waals surface area contributed by atoms with E-state index < -0.39 is 0 Å². The van der Waals surface area contributed by atoms with Crippen LogP contribution in [0.3, 0.4) is 0 Å². The molecule has 0 bridgehead atoms. The molecule has 0 fully saturated rings. The van der Waals surface area contributed by atoms with Gasteiger partial charge in [0.15, 0.2) is 0 Å². The van der Waals surface area contributed by atoms with Gasteiger partial charge in [0.25, 0.3) is 0 Å². The average Bonchev–Trinajstić information content (AvgIpc) is 2.73. The maximum absolute atomic E-state index is 12.5. The summed E-state index contributed by atoms with van der Waals surface area (Å²) in [5.41, 5.74) is 5.86. The van der Waals surface area contributed by atoms with Gasteiger partial charge < -0.3 is 4.74 Å². The summed E-state index contributed by atoms with van der Waals surface area (Å²) in [5.74, 6) is 0.356. The average molecular weight is 356 g/mol. The zero-order chi connectivity index (χ0) is 18.5. The SMILES string of the molecule is O=C(Oc1ccc2c(c1)CCCC2)c1ccc(CCc2ccccc2)cc1. The molecule has 3 aromatic carbocycles. The van der Waals surface area contributed by atoms with Crippen LogP contribution in [-0.2, 0) is 25.7 Å². The van der Waals surface area contributed by atoms with Gasteiger partial charge in [-0.2, -0.15) is 0 Å². The third-order valence-electron chi connectivity index (χ3n) is 5.27. The lowest BCUT2D eigenvalue weighted by Crippen LogP contribution is -2.10. The molecule has 136 valence electrons. The minimum atomic E-state index is -0.291. The Morgan fingerprint density at radius 3 is 2.15 bits per heavy atom. The summed E-state index contributed by atoms with van der Waals surface area (Å²) in [6.07, 6.45) is 6.65. The number of benzene rings is 3. The number of hydrogen-bond acceptors (Lipinski definition) is 2. The number of carbonyl (C=O) groups is 1. The molecule has 1 aliphatic rings. The Bertz CT molecular complexity index is 911. The van der Waals surface area contributed by atoms with E-state index in [0.717, 1.165) is 25.7 Å². The first-order chi connectivity index (χ1) is 13.3. The van der Waals surface area contributed by atoms with Crippen molar-refractivity contribution in [2.24, 2.45) is 0 Å². The first kappa shape index (κ1) is 17.5. The Kier molecular flexibility index (Phi) is 5.34. The Labute approximate surface area is 160 Å². The van der Waals surface area contributed by atoms with Crippen molar-refractivity contribution in [2.75, 3.05) is 0 Å². The molecule has 0 saturated carbocycles. The third-order valence-corrected chi connectivity index (χ3v) is 5.27. The Balaban J connectivity index is 1.37. The molecule has 0 radical (unpaired) electrons. The van der Waals surface area contributed by atoms with Gasteiger partial charge in [0.05, 0.1) is 5.56 Å². The topological polar surface area (TPSA) is 26.3 Å². The smallest absolute Gasteiger partial charge is 0.343 e. The summed E-state index contributed by atoms with van der Waals surface area (Å²) < 4.78 is 5.60. The van der Waals surface area contributed by atoms with E-state index in [2.05, 4.69) is 30.3 Å². The number of ether oxygens (including phenoxy) is 1. The van der Waals surface area contributed by atoms with Crippen LogP contribution in [0.4, 0.5) is 0 Å². The van der Waals surface area contributed by atoms with Crippen LogP contribution in [0.25, 0.3) is 0 Å². The second kappa shape index (κ2) is 8.22. The standard InChI is InChI=1S/C25H24O2/c26-25(27-24-17-16-21-8-4-5-9-23(21)18-24)22-14-12-20(13-15-22)11-10-19-6-2-1-3-7-19/h1-3,6-7,12-18H,4-5,8-11H2. The summed E-state index contributed by atoms with van der Waals surface area (Å²) >= 11 is 0. The third kappa shape index (κ3) is 4.46. The molecule has 0 atom stereocenters. The van der Waals surface area contributed by atoms with E-state index in [1.165, 1.54) is 35.1 Å². The largest absolute Gasteiger partial charge is 0.423 e. The molecule has 0 heterocycles. The molecule has 2 nitrogen and oxygen atoms in total. The quantitative estimate of drug-likeness (QED) is 0.441. The van der Waals surface area contributed by atoms with Crippen molar-refractivity contribution < 1.29 is 9.53 Å². The molecular formula is C25H24O2. The fourth-order valence-electron chi connectivity index (χ4n) is 3.68. The van der Waals surface area contributed by atoms with Crippen LogP contribution in [0.2, 0.25) is 0 Å². The van der Waals surface area contributed by atoms with E-state index in [4.69, 9.17) is 4.74 Å². The van der Waals surface area contributed by atoms with Gasteiger partial charge in [0.1, 0.15) is 5.75 Å². The first-order valence-corrected chi connectivity index (χ1v) is 9.75. The molecule has 0 amide bonds. The van der Waals surface area contributed by atoms with Crippen LogP contribution in [0.5, 0.6) is 5.75 Å². The second-order valence-electron chi connectivity index (χ2n) is 7.21. The first-order valence-electron chi connectivity index (χ1n) is 9.75. The monoisotopic (exact) mass is 356 g/mol. The van der Waals surface area contributed by atoms with E-state index >= 15 is 0 Å². The molecule has 0 N–H and O–H groups in total. The fraction of sp³-hybridized carbons (Fsp3) is 0.240. The van der Waals surface area contributed by atoms with E-state index in [1.807, 2.05) is 42.5 Å². The molecule has 2 heteroatoms. The molecule has 0 saturated heterocycles. The van der Waals surface area contributed by atoms with Crippen LogP contribution in [0.15, 0.2) is 72.8 Å². The van der Waals surface area contributed by atoms with Gasteiger partial charge in [-0.05, 0) is 85.0 Å². The van der Waals surface area contributed by atoms with Gasteiger partial charge in [-0.3, -0.25) is 0 Å². The van der Waals surface area contributed by atoms with Crippen LogP contribution in [0.1, 0.15) is 45.5 Å². The molecule has 0 aromatic heterocycles. The lowest BCUT2D eigenvalue weighted by Gasteiger charge is -2.16. The minimum absolute atomic E-state index is 0.291. The van der Waals surface area contributed by atoms with Crippen molar-refractivity contribution in [3.63, 3.8) is 0 Å². The van der Waals surface area contributed by atoms with Gasteiger partial charge in [0, 0.05) is 0 Å². The van der Waals surface area contributed by atoms with Gasteiger partial charge >= 0.3 is 5.97 Å². The normalized spacial score (nSPS) is 13.0. The minimum Gasteiger partial charge on any atom is -0.423 e. The number of fused-ring (bicyclic) bond motifs is 1. The van der Waals surface area contributed by atoms with Crippen molar-refractivity contribution in [1.82, 2.24) is 0 Å². The molecule has 0 aliphatic heterocycles. The van der Waals surface area contributed by atoms with E-state index in [1.54, 1.807) is 0 Å². The fourth-order valence-corrected chi connectivity index (χ4v) is 3.68. The van der Waals surface area contributed by atoms with Crippen molar-refractivity contribution in [3.8, 4) is 5.75 Å². The van der Waals surface area contributed by atoms with Gasteiger partial charge in [0.2, 0.25) is 0 Å². The van der Waals surface area contributed by atoms with E-state index in [0.29, 0.717) is 11.3 Å². The van der Waals surface area contributed by atoms with Crippen LogP contribution < -0.4 is 4.74 Å². The summed E-state index contributed by atoms with van der Waals surface area (Å²) in [6.45, 7) is 0. The summed E-state index contributed by atoms with van der Waals surface area (Å²) in [7, 11) is 0. The zero-order valence-electron chi connectivity index (χ0n) is 15.5. The van der Waals surface area contributed by atoms with E-state index in [9.17, 15) is 4.79 Å². The summed E-state index contributed by atoms with van der Waals surface area (Å²) in [4.78, 5) is 12.5. The highest BCUT2D eigenvalue weighted by Gasteiger charge is 2.13. The van der Waals surface area contributed by atoms with Crippen molar-refractivity contribution >= 4 is 5.97 Å². The molecule has 1 aliphatic carbocycles. The Morgan fingerprint density at radius 1 is 0.741 bits per heavy atom. The predicted molar refractivity (Wildman–Crippen MR) is 108 cm³/mol. The molecule has 3 aromatic rings. The molecule has 4 rings (SSSR count). The lowest BCUT2D eigenvalue weighted by atomic mass is 9.92. The maximum atomic E-state index is 12.5. The molecular weight excluding hydrogens is 332 g/mol. The number of esters is 1.